The van der Waals surface area contributed by atoms with Gasteiger partial charge in [0.2, 0.25) is 0 Å². The van der Waals surface area contributed by atoms with Gasteiger partial charge in [-0.25, -0.2) is 0 Å². The number of ether oxygens (including phenoxy) is 1. The van der Waals surface area contributed by atoms with Crippen LogP contribution in [0, 0.1) is 0 Å². The van der Waals surface area contributed by atoms with E-state index in [1.165, 1.54) is 0 Å². The Hall–Kier alpha value is -2.47. The van der Waals surface area contributed by atoms with Crippen molar-refractivity contribution < 1.29 is 9.53 Å². The van der Waals surface area contributed by atoms with E-state index in [2.05, 4.69) is 15.3 Å². The van der Waals surface area contributed by atoms with Crippen molar-refractivity contribution >= 4 is 5.91 Å². The topological polar surface area (TPSA) is 84.1 Å². The van der Waals surface area contributed by atoms with Gasteiger partial charge in [-0.1, -0.05) is 6.07 Å². The molecule has 1 aliphatic heterocycles. The molecule has 1 saturated heterocycles. The summed E-state index contributed by atoms with van der Waals surface area (Å²) in [5.74, 6) is 0.134. The Bertz CT molecular complexity index is 814. The monoisotopic (exact) mass is 339 g/mol. The fraction of sp³-hybridized carbons (Fsp3) is 0.421. The Morgan fingerprint density at radius 3 is 2.80 bits per heavy atom. The molecule has 6 heteroatoms. The summed E-state index contributed by atoms with van der Waals surface area (Å²) >= 11 is 0. The van der Waals surface area contributed by atoms with Crippen LogP contribution < -0.4 is 10.9 Å². The number of carbonyl (C=O) groups is 1. The third-order valence-corrected chi connectivity index (χ3v) is 4.83. The molecule has 1 amide bonds. The zero-order chi connectivity index (χ0) is 17.2. The quantitative estimate of drug-likeness (QED) is 0.895. The van der Waals surface area contributed by atoms with E-state index in [0.717, 1.165) is 30.7 Å². The van der Waals surface area contributed by atoms with Crippen molar-refractivity contribution in [1.29, 1.82) is 0 Å². The molecule has 0 aromatic carbocycles. The lowest BCUT2D eigenvalue weighted by molar-refractivity contribution is -0.00152. The standard InChI is InChI=1S/C19H21N3O3/c23-18(14-6-7-15(12-4-5-12)22-19(14)24)21-13-8-10-25-17(11-13)16-3-1-2-9-20-16/h1-3,6-7,9,12-13,17H,4-5,8,10-11H2,(H,21,23)(H,22,24)/t13-,17-/m1/s1. The molecular weight excluding hydrogens is 318 g/mol. The molecule has 25 heavy (non-hydrogen) atoms. The van der Waals surface area contributed by atoms with E-state index in [9.17, 15) is 9.59 Å². The van der Waals surface area contributed by atoms with Crippen LogP contribution in [0.1, 0.15) is 59.5 Å². The molecule has 2 fully saturated rings. The molecule has 2 aromatic heterocycles. The molecule has 3 heterocycles. The van der Waals surface area contributed by atoms with Crippen LogP contribution in [-0.2, 0) is 4.74 Å². The van der Waals surface area contributed by atoms with E-state index in [4.69, 9.17) is 4.74 Å². The predicted molar refractivity (Wildman–Crippen MR) is 92.5 cm³/mol. The van der Waals surface area contributed by atoms with Gasteiger partial charge in [-0.05, 0) is 55.9 Å². The summed E-state index contributed by atoms with van der Waals surface area (Å²) in [6.07, 6.45) is 5.21. The molecule has 0 radical (unpaired) electrons. The smallest absolute Gasteiger partial charge is 0.261 e. The van der Waals surface area contributed by atoms with Crippen LogP contribution in [0.25, 0.3) is 0 Å². The number of hydrogen-bond acceptors (Lipinski definition) is 4. The number of H-pyrrole nitrogens is 1. The summed E-state index contributed by atoms with van der Waals surface area (Å²) in [5, 5.41) is 2.97. The number of amides is 1. The molecule has 4 rings (SSSR count). The Morgan fingerprint density at radius 2 is 2.08 bits per heavy atom. The molecule has 0 spiro atoms. The van der Waals surface area contributed by atoms with Crippen LogP contribution in [0.3, 0.4) is 0 Å². The van der Waals surface area contributed by atoms with Crippen LogP contribution in [0.4, 0.5) is 0 Å². The van der Waals surface area contributed by atoms with Crippen LogP contribution in [-0.4, -0.2) is 28.5 Å². The molecule has 1 aliphatic carbocycles. The highest BCUT2D eigenvalue weighted by molar-refractivity contribution is 5.94. The lowest BCUT2D eigenvalue weighted by atomic mass is 10.00. The number of carbonyl (C=O) groups excluding carboxylic acids is 1. The molecule has 130 valence electrons. The van der Waals surface area contributed by atoms with Gasteiger partial charge in [0.05, 0.1) is 5.69 Å². The predicted octanol–water partition coefficient (Wildman–Crippen LogP) is 2.30. The second-order valence-corrected chi connectivity index (χ2v) is 6.74. The molecule has 2 N–H and O–H groups in total. The van der Waals surface area contributed by atoms with Crippen molar-refractivity contribution in [3.8, 4) is 0 Å². The van der Waals surface area contributed by atoms with Gasteiger partial charge in [-0.2, -0.15) is 0 Å². The van der Waals surface area contributed by atoms with Gasteiger partial charge in [0.15, 0.2) is 0 Å². The average molecular weight is 339 g/mol. The Balaban J connectivity index is 1.43. The first-order valence-electron chi connectivity index (χ1n) is 8.77. The molecule has 1 saturated carbocycles. The van der Waals surface area contributed by atoms with Crippen LogP contribution in [0.5, 0.6) is 0 Å². The molecule has 6 nitrogen and oxygen atoms in total. The van der Waals surface area contributed by atoms with E-state index >= 15 is 0 Å². The number of nitrogens with one attached hydrogen (secondary N) is 2. The summed E-state index contributed by atoms with van der Waals surface area (Å²) < 4.78 is 5.77. The Labute approximate surface area is 145 Å². The first kappa shape index (κ1) is 16.0. The van der Waals surface area contributed by atoms with Gasteiger partial charge in [0, 0.05) is 24.5 Å². The number of nitrogens with zero attached hydrogens (tertiary/aromatic N) is 1. The fourth-order valence-corrected chi connectivity index (χ4v) is 3.26. The van der Waals surface area contributed by atoms with E-state index in [1.807, 2.05) is 24.3 Å². The minimum absolute atomic E-state index is 0.0317. The largest absolute Gasteiger partial charge is 0.372 e. The number of aromatic nitrogens is 2. The van der Waals surface area contributed by atoms with Crippen molar-refractivity contribution in [1.82, 2.24) is 15.3 Å². The molecule has 2 aliphatic rings. The van der Waals surface area contributed by atoms with Crippen molar-refractivity contribution in [3.63, 3.8) is 0 Å². The van der Waals surface area contributed by atoms with Crippen LogP contribution in [0.15, 0.2) is 41.3 Å². The Kier molecular flexibility index (Phi) is 4.36. The zero-order valence-corrected chi connectivity index (χ0v) is 13.9. The van der Waals surface area contributed by atoms with Crippen LogP contribution >= 0.6 is 0 Å². The van der Waals surface area contributed by atoms with Crippen molar-refractivity contribution in [2.24, 2.45) is 0 Å². The summed E-state index contributed by atoms with van der Waals surface area (Å²) in [7, 11) is 0. The summed E-state index contributed by atoms with van der Waals surface area (Å²) in [6, 6.07) is 9.18. The molecule has 0 unspecified atom stereocenters. The van der Waals surface area contributed by atoms with Gasteiger partial charge >= 0.3 is 0 Å². The van der Waals surface area contributed by atoms with E-state index in [-0.39, 0.29) is 29.2 Å². The number of aromatic amines is 1. The summed E-state index contributed by atoms with van der Waals surface area (Å²) in [6.45, 7) is 0.559. The van der Waals surface area contributed by atoms with E-state index in [1.54, 1.807) is 12.3 Å². The number of hydrogen-bond donors (Lipinski definition) is 2. The number of rotatable bonds is 4. The third-order valence-electron chi connectivity index (χ3n) is 4.83. The van der Waals surface area contributed by atoms with Gasteiger partial charge in [-0.15, -0.1) is 0 Å². The zero-order valence-electron chi connectivity index (χ0n) is 13.9. The molecule has 0 bridgehead atoms. The van der Waals surface area contributed by atoms with Gasteiger partial charge in [-0.3, -0.25) is 14.6 Å². The second-order valence-electron chi connectivity index (χ2n) is 6.74. The maximum absolute atomic E-state index is 12.5. The normalized spacial score (nSPS) is 23.2. The minimum atomic E-state index is -0.324. The SMILES string of the molecule is O=C(N[C@@H]1CCO[C@@H](c2ccccn2)C1)c1ccc(C2CC2)[nH]c1=O. The first-order chi connectivity index (χ1) is 12.2. The van der Waals surface area contributed by atoms with Gasteiger partial charge in [0.25, 0.3) is 11.5 Å². The second kappa shape index (κ2) is 6.80. The van der Waals surface area contributed by atoms with Crippen molar-refractivity contribution in [3.05, 3.63) is 63.8 Å². The highest BCUT2D eigenvalue weighted by Crippen LogP contribution is 2.38. The maximum atomic E-state index is 12.5. The van der Waals surface area contributed by atoms with E-state index in [0.29, 0.717) is 18.9 Å². The summed E-state index contributed by atoms with van der Waals surface area (Å²) in [5.41, 5.74) is 1.66. The van der Waals surface area contributed by atoms with Gasteiger partial charge < -0.3 is 15.0 Å². The maximum Gasteiger partial charge on any atom is 0.261 e. The molecule has 2 atom stereocenters. The summed E-state index contributed by atoms with van der Waals surface area (Å²) in [4.78, 5) is 31.8. The minimum Gasteiger partial charge on any atom is -0.372 e. The van der Waals surface area contributed by atoms with Crippen molar-refractivity contribution in [2.75, 3.05) is 6.61 Å². The first-order valence-corrected chi connectivity index (χ1v) is 8.77. The number of pyridine rings is 2. The van der Waals surface area contributed by atoms with Crippen molar-refractivity contribution in [2.45, 2.75) is 43.7 Å². The molecular formula is C19H21N3O3. The average Bonchev–Trinajstić information content (AvgIpc) is 3.48. The molecule has 2 aromatic rings. The van der Waals surface area contributed by atoms with Crippen LogP contribution in [0.2, 0.25) is 0 Å². The highest BCUT2D eigenvalue weighted by atomic mass is 16.5. The third kappa shape index (κ3) is 3.64. The van der Waals surface area contributed by atoms with Gasteiger partial charge in [0.1, 0.15) is 11.7 Å². The Morgan fingerprint density at radius 1 is 1.20 bits per heavy atom. The highest BCUT2D eigenvalue weighted by Gasteiger charge is 2.28. The lowest BCUT2D eigenvalue weighted by Crippen LogP contribution is -2.41. The fourth-order valence-electron chi connectivity index (χ4n) is 3.26. The lowest BCUT2D eigenvalue weighted by Gasteiger charge is -2.29. The van der Waals surface area contributed by atoms with E-state index < -0.39 is 0 Å².